The number of anilines is 2. The first-order chi connectivity index (χ1) is 13.7. The highest BCUT2D eigenvalue weighted by Crippen LogP contribution is 2.30. The first kappa shape index (κ1) is 21.7. The van der Waals surface area contributed by atoms with Crippen molar-refractivity contribution in [2.24, 2.45) is 0 Å². The lowest BCUT2D eigenvalue weighted by atomic mass is 10.1. The number of nitrogens with one attached hydrogen (secondary N) is 2. The molecule has 0 heterocycles. The van der Waals surface area contributed by atoms with Crippen LogP contribution in [0.2, 0.25) is 0 Å². The molecule has 0 spiro atoms. The lowest BCUT2D eigenvalue weighted by Crippen LogP contribution is -2.14. The van der Waals surface area contributed by atoms with E-state index in [1.165, 1.54) is 36.4 Å². The normalized spacial score (nSPS) is 11.2. The van der Waals surface area contributed by atoms with E-state index in [4.69, 9.17) is 0 Å². The van der Waals surface area contributed by atoms with Crippen molar-refractivity contribution in [3.63, 3.8) is 0 Å². The van der Waals surface area contributed by atoms with Gasteiger partial charge in [-0.3, -0.25) is 9.59 Å². The lowest BCUT2D eigenvalue weighted by molar-refractivity contribution is -0.138. The number of carbonyl (C=O) groups is 3. The van der Waals surface area contributed by atoms with Gasteiger partial charge in [-0.15, -0.1) is 0 Å². The van der Waals surface area contributed by atoms with Gasteiger partial charge in [0.1, 0.15) is 0 Å². The van der Waals surface area contributed by atoms with Crippen LogP contribution in [0.25, 0.3) is 0 Å². The molecule has 0 aliphatic heterocycles. The first-order valence-corrected chi connectivity index (χ1v) is 8.43. The third-order valence-corrected chi connectivity index (χ3v) is 3.50. The summed E-state index contributed by atoms with van der Waals surface area (Å²) < 4.78 is 43.0. The van der Waals surface area contributed by atoms with Crippen LogP contribution >= 0.6 is 0 Å². The number of alkyl halides is 3. The van der Waals surface area contributed by atoms with Gasteiger partial charge in [-0.1, -0.05) is 12.1 Å². The molecule has 0 fully saturated rings. The molecule has 0 aliphatic carbocycles. The molecule has 0 bridgehead atoms. The van der Waals surface area contributed by atoms with E-state index in [1.54, 1.807) is 6.92 Å². The molecule has 152 valence electrons. The van der Waals surface area contributed by atoms with Crippen LogP contribution in [0.5, 0.6) is 0 Å². The Morgan fingerprint density at radius 2 is 1.62 bits per heavy atom. The van der Waals surface area contributed by atoms with E-state index in [9.17, 15) is 27.6 Å². The standard InChI is InChI=1S/C20H17F3N2O4/c1-2-29-18(27)10-9-17(26)24-15-7-3-5-13(11-15)19(28)25-16-8-4-6-14(12-16)20(21,22)23/h3-12H,2H2,1H3,(H,24,26)(H,25,28)/b10-9+. The summed E-state index contributed by atoms with van der Waals surface area (Å²) in [4.78, 5) is 35.3. The molecule has 0 saturated carbocycles. The summed E-state index contributed by atoms with van der Waals surface area (Å²) in [6.07, 6.45) is -2.58. The fourth-order valence-corrected chi connectivity index (χ4v) is 2.23. The van der Waals surface area contributed by atoms with Gasteiger partial charge < -0.3 is 15.4 Å². The number of carbonyl (C=O) groups excluding carboxylic acids is 3. The summed E-state index contributed by atoms with van der Waals surface area (Å²) in [5.74, 6) is -1.94. The summed E-state index contributed by atoms with van der Waals surface area (Å²) in [6.45, 7) is 1.80. The third kappa shape index (κ3) is 6.80. The number of rotatable bonds is 6. The molecule has 0 unspecified atom stereocenters. The highest BCUT2D eigenvalue weighted by atomic mass is 19.4. The van der Waals surface area contributed by atoms with E-state index in [-0.39, 0.29) is 23.5 Å². The van der Waals surface area contributed by atoms with Crippen LogP contribution in [0.3, 0.4) is 0 Å². The zero-order valence-corrected chi connectivity index (χ0v) is 15.2. The van der Waals surface area contributed by atoms with Crippen molar-refractivity contribution in [3.8, 4) is 0 Å². The van der Waals surface area contributed by atoms with Crippen molar-refractivity contribution < 1.29 is 32.3 Å². The largest absolute Gasteiger partial charge is 0.463 e. The highest BCUT2D eigenvalue weighted by molar-refractivity contribution is 6.06. The van der Waals surface area contributed by atoms with E-state index in [1.807, 2.05) is 0 Å². The van der Waals surface area contributed by atoms with Crippen LogP contribution in [-0.2, 0) is 20.5 Å². The molecule has 0 aliphatic rings. The second-order valence-electron chi connectivity index (χ2n) is 5.69. The topological polar surface area (TPSA) is 84.5 Å². The maximum Gasteiger partial charge on any atom is 0.416 e. The van der Waals surface area contributed by atoms with Gasteiger partial charge >= 0.3 is 12.1 Å². The van der Waals surface area contributed by atoms with Crippen LogP contribution in [0.1, 0.15) is 22.8 Å². The summed E-state index contributed by atoms with van der Waals surface area (Å²) in [6, 6.07) is 10.0. The van der Waals surface area contributed by atoms with Crippen molar-refractivity contribution in [1.29, 1.82) is 0 Å². The molecule has 0 atom stereocenters. The lowest BCUT2D eigenvalue weighted by Gasteiger charge is -2.10. The minimum absolute atomic E-state index is 0.0170. The average Bonchev–Trinajstić information content (AvgIpc) is 2.66. The van der Waals surface area contributed by atoms with Gasteiger partial charge in [-0.2, -0.15) is 13.2 Å². The van der Waals surface area contributed by atoms with Crippen LogP contribution in [0, 0.1) is 0 Å². The molecule has 2 N–H and O–H groups in total. The number of hydrogen-bond donors (Lipinski definition) is 2. The van der Waals surface area contributed by atoms with Gasteiger partial charge in [0.05, 0.1) is 12.2 Å². The van der Waals surface area contributed by atoms with E-state index >= 15 is 0 Å². The third-order valence-electron chi connectivity index (χ3n) is 3.50. The van der Waals surface area contributed by atoms with E-state index < -0.39 is 29.5 Å². The van der Waals surface area contributed by atoms with Gasteiger partial charge in [-0.25, -0.2) is 4.79 Å². The fraction of sp³-hybridized carbons (Fsp3) is 0.150. The molecule has 2 amide bonds. The number of esters is 1. The Bertz CT molecular complexity index is 939. The highest BCUT2D eigenvalue weighted by Gasteiger charge is 2.30. The van der Waals surface area contributed by atoms with Crippen molar-refractivity contribution >= 4 is 29.2 Å². The summed E-state index contributed by atoms with van der Waals surface area (Å²) in [5, 5.41) is 4.84. The molecule has 9 heteroatoms. The summed E-state index contributed by atoms with van der Waals surface area (Å²) in [7, 11) is 0. The molecule has 0 aromatic heterocycles. The van der Waals surface area contributed by atoms with Crippen molar-refractivity contribution in [3.05, 3.63) is 71.8 Å². The van der Waals surface area contributed by atoms with Crippen molar-refractivity contribution in [2.75, 3.05) is 17.2 Å². The number of amides is 2. The predicted octanol–water partition coefficient (Wildman–Crippen LogP) is 4.02. The van der Waals surface area contributed by atoms with Gasteiger partial charge in [0.25, 0.3) is 5.91 Å². The molecule has 0 radical (unpaired) electrons. The number of hydrogen-bond acceptors (Lipinski definition) is 4. The first-order valence-electron chi connectivity index (χ1n) is 8.43. The maximum atomic E-state index is 12.8. The molecule has 2 rings (SSSR count). The Morgan fingerprint density at radius 1 is 0.966 bits per heavy atom. The Hall–Kier alpha value is -3.62. The Morgan fingerprint density at radius 3 is 2.28 bits per heavy atom. The monoisotopic (exact) mass is 406 g/mol. The van der Waals surface area contributed by atoms with Crippen LogP contribution < -0.4 is 10.6 Å². The van der Waals surface area contributed by atoms with Crippen LogP contribution in [0.4, 0.5) is 24.5 Å². The second-order valence-corrected chi connectivity index (χ2v) is 5.69. The fourth-order valence-electron chi connectivity index (χ4n) is 2.23. The SMILES string of the molecule is CCOC(=O)/C=C/C(=O)Nc1cccc(C(=O)Nc2cccc(C(F)(F)F)c2)c1. The van der Waals surface area contributed by atoms with Crippen LogP contribution in [-0.4, -0.2) is 24.4 Å². The van der Waals surface area contributed by atoms with E-state index in [2.05, 4.69) is 15.4 Å². The quantitative estimate of drug-likeness (QED) is 0.561. The van der Waals surface area contributed by atoms with Gasteiger partial charge in [-0.05, 0) is 43.3 Å². The van der Waals surface area contributed by atoms with Crippen molar-refractivity contribution in [2.45, 2.75) is 13.1 Å². The van der Waals surface area contributed by atoms with Crippen LogP contribution in [0.15, 0.2) is 60.7 Å². The zero-order valence-electron chi connectivity index (χ0n) is 15.2. The second kappa shape index (κ2) is 9.54. The molecule has 2 aromatic carbocycles. The zero-order chi connectivity index (χ0) is 21.4. The Balaban J connectivity index is 2.06. The number of halogens is 3. The molecule has 0 saturated heterocycles. The van der Waals surface area contributed by atoms with Gasteiger partial charge in [0.2, 0.25) is 5.91 Å². The molecule has 29 heavy (non-hydrogen) atoms. The molecule has 6 nitrogen and oxygen atoms in total. The Labute approximate surface area is 164 Å². The molecule has 2 aromatic rings. The summed E-state index contributed by atoms with van der Waals surface area (Å²) in [5.41, 5.74) is -0.517. The van der Waals surface area contributed by atoms with Gasteiger partial charge in [0.15, 0.2) is 0 Å². The minimum atomic E-state index is -4.53. The van der Waals surface area contributed by atoms with Gasteiger partial charge in [0, 0.05) is 29.1 Å². The number of ether oxygens (including phenoxy) is 1. The minimum Gasteiger partial charge on any atom is -0.463 e. The number of benzene rings is 2. The predicted molar refractivity (Wildman–Crippen MR) is 100 cm³/mol. The Kier molecular flexibility index (Phi) is 7.13. The van der Waals surface area contributed by atoms with E-state index in [0.29, 0.717) is 0 Å². The molecular weight excluding hydrogens is 389 g/mol. The average molecular weight is 406 g/mol. The summed E-state index contributed by atoms with van der Waals surface area (Å²) >= 11 is 0. The smallest absolute Gasteiger partial charge is 0.416 e. The maximum absolute atomic E-state index is 12.8. The van der Waals surface area contributed by atoms with Crippen molar-refractivity contribution in [1.82, 2.24) is 0 Å². The van der Waals surface area contributed by atoms with E-state index in [0.717, 1.165) is 24.3 Å². The molecular formula is C20H17F3N2O4.